The molecule has 2 heterocycles. The van der Waals surface area contributed by atoms with Gasteiger partial charge in [-0.1, -0.05) is 0 Å². The number of anilines is 1. The number of aryl methyl sites for hydroxylation is 1. The smallest absolute Gasteiger partial charge is 0.244 e. The zero-order valence-corrected chi connectivity index (χ0v) is 13.9. The monoisotopic (exact) mass is 374 g/mol. The van der Waals surface area contributed by atoms with Crippen LogP contribution in [0.1, 0.15) is 5.82 Å². The summed E-state index contributed by atoms with van der Waals surface area (Å²) in [5.74, 6) is 1.00. The molecule has 0 aliphatic heterocycles. The fraction of sp³-hybridized carbons (Fsp3) is 0.364. The third-order valence-corrected chi connectivity index (χ3v) is 4.70. The highest BCUT2D eigenvalue weighted by atomic mass is 79.9. The molecule has 10 heteroatoms. The van der Waals surface area contributed by atoms with Crippen molar-refractivity contribution in [2.75, 3.05) is 18.9 Å². The maximum atomic E-state index is 12.3. The van der Waals surface area contributed by atoms with Gasteiger partial charge < -0.3 is 9.88 Å². The summed E-state index contributed by atoms with van der Waals surface area (Å²) in [6.07, 6.45) is 3.55. The quantitative estimate of drug-likeness (QED) is 0.764. The highest BCUT2D eigenvalue weighted by Gasteiger charge is 2.19. The van der Waals surface area contributed by atoms with E-state index >= 15 is 0 Å². The molecular formula is C11H15BrN6O2S. The van der Waals surface area contributed by atoms with Crippen LogP contribution in [0.25, 0.3) is 0 Å². The van der Waals surface area contributed by atoms with Gasteiger partial charge in [0.1, 0.15) is 22.9 Å². The molecule has 2 aromatic heterocycles. The lowest BCUT2D eigenvalue weighted by Crippen LogP contribution is -2.27. The molecule has 0 aliphatic carbocycles. The van der Waals surface area contributed by atoms with Crippen molar-refractivity contribution in [2.24, 2.45) is 7.05 Å². The molecule has 21 heavy (non-hydrogen) atoms. The molecule has 0 radical (unpaired) electrons. The van der Waals surface area contributed by atoms with Gasteiger partial charge in [0, 0.05) is 37.7 Å². The standard InChI is InChI=1S/C11H15BrN6O2S/c1-13-11-9(5-8(12)6-14-11)21(19,20)16-4-3-10-17-15-7-18(10)2/h5-7,16H,3-4H2,1-2H3,(H,13,14). The summed E-state index contributed by atoms with van der Waals surface area (Å²) in [6.45, 7) is 0.227. The van der Waals surface area contributed by atoms with Crippen molar-refractivity contribution in [2.45, 2.75) is 11.3 Å². The highest BCUT2D eigenvalue weighted by Crippen LogP contribution is 2.22. The summed E-state index contributed by atoms with van der Waals surface area (Å²) in [5.41, 5.74) is 0. The Labute approximate surface area is 131 Å². The Bertz CT molecular complexity index is 730. The molecule has 0 aromatic carbocycles. The van der Waals surface area contributed by atoms with Gasteiger partial charge in [0.25, 0.3) is 0 Å². The van der Waals surface area contributed by atoms with Crippen molar-refractivity contribution < 1.29 is 8.42 Å². The largest absolute Gasteiger partial charge is 0.372 e. The molecule has 2 N–H and O–H groups in total. The maximum absolute atomic E-state index is 12.3. The van der Waals surface area contributed by atoms with E-state index in [4.69, 9.17) is 0 Å². The van der Waals surface area contributed by atoms with Crippen molar-refractivity contribution in [3.63, 3.8) is 0 Å². The van der Waals surface area contributed by atoms with Crippen molar-refractivity contribution >= 4 is 31.8 Å². The van der Waals surface area contributed by atoms with Crippen LogP contribution in [0, 0.1) is 0 Å². The molecular weight excluding hydrogens is 360 g/mol. The molecule has 0 unspecified atom stereocenters. The molecule has 114 valence electrons. The summed E-state index contributed by atoms with van der Waals surface area (Å²) >= 11 is 3.22. The summed E-state index contributed by atoms with van der Waals surface area (Å²) in [6, 6.07) is 1.50. The number of nitrogens with one attached hydrogen (secondary N) is 2. The number of nitrogens with zero attached hydrogens (tertiary/aromatic N) is 4. The first kappa shape index (κ1) is 15.9. The molecule has 0 bridgehead atoms. The highest BCUT2D eigenvalue weighted by molar-refractivity contribution is 9.10. The van der Waals surface area contributed by atoms with Crippen molar-refractivity contribution in [3.8, 4) is 0 Å². The van der Waals surface area contributed by atoms with Crippen LogP contribution < -0.4 is 10.0 Å². The topological polar surface area (TPSA) is 102 Å². The van der Waals surface area contributed by atoms with Crippen molar-refractivity contribution in [1.82, 2.24) is 24.5 Å². The van der Waals surface area contributed by atoms with E-state index in [-0.39, 0.29) is 11.4 Å². The van der Waals surface area contributed by atoms with Gasteiger partial charge in [-0.2, -0.15) is 0 Å². The third kappa shape index (κ3) is 3.77. The van der Waals surface area contributed by atoms with Crippen LogP contribution in [0.5, 0.6) is 0 Å². The first-order valence-corrected chi connectivity index (χ1v) is 8.37. The van der Waals surface area contributed by atoms with Gasteiger partial charge in [-0.25, -0.2) is 18.1 Å². The van der Waals surface area contributed by atoms with E-state index in [2.05, 4.69) is 41.2 Å². The van der Waals surface area contributed by atoms with E-state index in [1.165, 1.54) is 12.3 Å². The predicted octanol–water partition coefficient (Wildman–Crippen LogP) is 0.535. The van der Waals surface area contributed by atoms with Gasteiger partial charge >= 0.3 is 0 Å². The van der Waals surface area contributed by atoms with Gasteiger partial charge in [-0.05, 0) is 22.0 Å². The van der Waals surface area contributed by atoms with Crippen molar-refractivity contribution in [1.29, 1.82) is 0 Å². The lowest BCUT2D eigenvalue weighted by atomic mass is 10.4. The van der Waals surface area contributed by atoms with E-state index in [1.54, 1.807) is 25.0 Å². The SMILES string of the molecule is CNc1ncc(Br)cc1S(=O)(=O)NCCc1nncn1C. The van der Waals surface area contributed by atoms with E-state index in [1.807, 2.05) is 0 Å². The van der Waals surface area contributed by atoms with E-state index < -0.39 is 10.0 Å². The number of halogens is 1. The summed E-state index contributed by atoms with van der Waals surface area (Å²) < 4.78 is 29.5. The van der Waals surface area contributed by atoms with Crippen LogP contribution in [0.3, 0.4) is 0 Å². The Morgan fingerprint density at radius 3 is 2.81 bits per heavy atom. The van der Waals surface area contributed by atoms with Crippen molar-refractivity contribution in [3.05, 3.63) is 28.9 Å². The normalized spacial score (nSPS) is 11.6. The van der Waals surface area contributed by atoms with Crippen LogP contribution in [0.15, 0.2) is 28.0 Å². The lowest BCUT2D eigenvalue weighted by Gasteiger charge is -2.10. The van der Waals surface area contributed by atoms with E-state index in [9.17, 15) is 8.42 Å². The first-order chi connectivity index (χ1) is 9.94. The van der Waals surface area contributed by atoms with Crippen LogP contribution in [-0.2, 0) is 23.5 Å². The van der Waals surface area contributed by atoms with Gasteiger partial charge in [0.2, 0.25) is 10.0 Å². The minimum atomic E-state index is -3.65. The fourth-order valence-corrected chi connectivity index (χ4v) is 3.42. The molecule has 0 saturated carbocycles. The molecule has 0 fully saturated rings. The van der Waals surface area contributed by atoms with E-state index in [0.717, 1.165) is 0 Å². The molecule has 0 amide bonds. The van der Waals surface area contributed by atoms with E-state index in [0.29, 0.717) is 22.5 Å². The zero-order valence-electron chi connectivity index (χ0n) is 11.5. The number of rotatable bonds is 6. The Kier molecular flexibility index (Phi) is 4.91. The van der Waals surface area contributed by atoms with Gasteiger partial charge in [0.15, 0.2) is 0 Å². The number of pyridine rings is 1. The lowest BCUT2D eigenvalue weighted by molar-refractivity contribution is 0.580. The molecule has 0 saturated heterocycles. The number of hydrogen-bond acceptors (Lipinski definition) is 6. The average molecular weight is 375 g/mol. The van der Waals surface area contributed by atoms with Crippen LogP contribution in [-0.4, -0.2) is 41.8 Å². The second kappa shape index (κ2) is 6.50. The number of hydrogen-bond donors (Lipinski definition) is 2. The number of aromatic nitrogens is 4. The number of sulfonamides is 1. The summed E-state index contributed by atoms with van der Waals surface area (Å²) in [7, 11) is -0.227. The predicted molar refractivity (Wildman–Crippen MR) is 81.4 cm³/mol. The van der Waals surface area contributed by atoms with Gasteiger partial charge in [0.05, 0.1) is 0 Å². The maximum Gasteiger partial charge on any atom is 0.244 e. The van der Waals surface area contributed by atoms with Crippen LogP contribution in [0.4, 0.5) is 5.82 Å². The second-order valence-corrected chi connectivity index (χ2v) is 6.91. The molecule has 2 rings (SSSR count). The van der Waals surface area contributed by atoms with Crippen LogP contribution >= 0.6 is 15.9 Å². The van der Waals surface area contributed by atoms with Crippen LogP contribution in [0.2, 0.25) is 0 Å². The summed E-state index contributed by atoms with van der Waals surface area (Å²) in [4.78, 5) is 4.13. The Morgan fingerprint density at radius 2 is 2.19 bits per heavy atom. The molecule has 0 spiro atoms. The Balaban J connectivity index is 2.12. The third-order valence-electron chi connectivity index (χ3n) is 2.79. The summed E-state index contributed by atoms with van der Waals surface area (Å²) in [5, 5.41) is 10.4. The Hall–Kier alpha value is -1.52. The minimum Gasteiger partial charge on any atom is -0.372 e. The molecule has 2 aromatic rings. The second-order valence-electron chi connectivity index (χ2n) is 4.26. The minimum absolute atomic E-state index is 0.0948. The first-order valence-electron chi connectivity index (χ1n) is 6.10. The molecule has 0 aliphatic rings. The molecule has 8 nitrogen and oxygen atoms in total. The van der Waals surface area contributed by atoms with Gasteiger partial charge in [-0.3, -0.25) is 0 Å². The fourth-order valence-electron chi connectivity index (χ4n) is 1.72. The molecule has 0 atom stereocenters. The Morgan fingerprint density at radius 1 is 1.43 bits per heavy atom. The zero-order chi connectivity index (χ0) is 15.5. The van der Waals surface area contributed by atoms with Gasteiger partial charge in [-0.15, -0.1) is 10.2 Å². The average Bonchev–Trinajstić information content (AvgIpc) is 2.84.